The summed E-state index contributed by atoms with van der Waals surface area (Å²) in [5.74, 6) is -1.47. The van der Waals surface area contributed by atoms with E-state index in [0.717, 1.165) is 18.2 Å². The van der Waals surface area contributed by atoms with E-state index in [-0.39, 0.29) is 10.8 Å². The molecule has 2 rings (SSSR count). The van der Waals surface area contributed by atoms with Gasteiger partial charge in [-0.05, 0) is 42.0 Å². The van der Waals surface area contributed by atoms with Gasteiger partial charge in [0.2, 0.25) is 5.91 Å². The van der Waals surface area contributed by atoms with E-state index in [1.54, 1.807) is 0 Å². The summed E-state index contributed by atoms with van der Waals surface area (Å²) in [5.41, 5.74) is 0.807. The molecule has 0 atom stereocenters. The highest BCUT2D eigenvalue weighted by atomic mass is 35.5. The Kier molecular flexibility index (Phi) is 5.46. The van der Waals surface area contributed by atoms with Crippen LogP contribution in [0.2, 0.25) is 5.02 Å². The summed E-state index contributed by atoms with van der Waals surface area (Å²) in [7, 11) is 0. The van der Waals surface area contributed by atoms with Gasteiger partial charge in [-0.3, -0.25) is 4.79 Å². The number of carbonyl (C=O) groups is 1. The monoisotopic (exact) mass is 359 g/mol. The third-order valence-corrected chi connectivity index (χ3v) is 3.02. The van der Waals surface area contributed by atoms with Crippen molar-refractivity contribution in [3.63, 3.8) is 0 Å². The van der Waals surface area contributed by atoms with Crippen molar-refractivity contribution in [2.75, 3.05) is 5.32 Å². The molecule has 0 aliphatic carbocycles. The largest absolute Gasteiger partial charge is 0.573 e. The Morgan fingerprint density at radius 3 is 2.38 bits per heavy atom. The maximum atomic E-state index is 13.0. The van der Waals surface area contributed by atoms with Crippen molar-refractivity contribution < 1.29 is 27.1 Å². The number of ether oxygens (including phenoxy) is 1. The minimum atomic E-state index is -4.76. The Balaban J connectivity index is 1.97. The Morgan fingerprint density at radius 2 is 1.79 bits per heavy atom. The molecule has 3 nitrogen and oxygen atoms in total. The third kappa shape index (κ3) is 5.58. The van der Waals surface area contributed by atoms with E-state index in [2.05, 4.69) is 10.1 Å². The van der Waals surface area contributed by atoms with Gasteiger partial charge in [-0.25, -0.2) is 4.39 Å². The summed E-state index contributed by atoms with van der Waals surface area (Å²) < 4.78 is 52.8. The predicted molar refractivity (Wildman–Crippen MR) is 82.2 cm³/mol. The molecule has 0 aromatic heterocycles. The molecule has 0 aliphatic rings. The van der Waals surface area contributed by atoms with Crippen molar-refractivity contribution in [3.8, 4) is 5.75 Å². The summed E-state index contributed by atoms with van der Waals surface area (Å²) in [5, 5.41) is 2.34. The molecule has 24 heavy (non-hydrogen) atoms. The minimum absolute atomic E-state index is 0.128. The lowest BCUT2D eigenvalue weighted by molar-refractivity contribution is -0.274. The van der Waals surface area contributed by atoms with E-state index in [4.69, 9.17) is 11.6 Å². The van der Waals surface area contributed by atoms with Crippen LogP contribution in [0.5, 0.6) is 5.75 Å². The second kappa shape index (κ2) is 7.35. The number of hydrogen-bond acceptors (Lipinski definition) is 2. The van der Waals surface area contributed by atoms with Crippen molar-refractivity contribution >= 4 is 29.3 Å². The first kappa shape index (κ1) is 17.8. The van der Waals surface area contributed by atoms with Crippen LogP contribution in [0.1, 0.15) is 5.56 Å². The fourth-order valence-electron chi connectivity index (χ4n) is 1.71. The highest BCUT2D eigenvalue weighted by Gasteiger charge is 2.30. The van der Waals surface area contributed by atoms with E-state index in [0.29, 0.717) is 11.3 Å². The molecule has 2 aromatic carbocycles. The number of rotatable bonds is 4. The van der Waals surface area contributed by atoms with Gasteiger partial charge >= 0.3 is 6.36 Å². The van der Waals surface area contributed by atoms with Gasteiger partial charge in [0.15, 0.2) is 0 Å². The first-order valence-corrected chi connectivity index (χ1v) is 6.91. The van der Waals surface area contributed by atoms with Crippen LogP contribution in [0.4, 0.5) is 23.2 Å². The molecule has 0 aliphatic heterocycles. The molecule has 1 N–H and O–H groups in total. The Bertz CT molecular complexity index is 758. The minimum Gasteiger partial charge on any atom is -0.406 e. The van der Waals surface area contributed by atoms with Crippen molar-refractivity contribution in [2.45, 2.75) is 6.36 Å². The van der Waals surface area contributed by atoms with Crippen molar-refractivity contribution in [1.82, 2.24) is 0 Å². The summed E-state index contributed by atoms with van der Waals surface area (Å²) >= 11 is 5.59. The van der Waals surface area contributed by atoms with E-state index >= 15 is 0 Å². The Morgan fingerprint density at radius 1 is 1.12 bits per heavy atom. The molecule has 126 valence electrons. The topological polar surface area (TPSA) is 38.3 Å². The Labute approximate surface area is 139 Å². The van der Waals surface area contributed by atoms with E-state index in [1.165, 1.54) is 36.4 Å². The normalized spacial score (nSPS) is 11.5. The lowest BCUT2D eigenvalue weighted by Gasteiger charge is -2.08. The summed E-state index contributed by atoms with van der Waals surface area (Å²) in [6, 6.07) is 8.69. The van der Waals surface area contributed by atoms with Gasteiger partial charge in [0.25, 0.3) is 0 Å². The van der Waals surface area contributed by atoms with Crippen LogP contribution in [0, 0.1) is 5.82 Å². The smallest absolute Gasteiger partial charge is 0.406 e. The van der Waals surface area contributed by atoms with Gasteiger partial charge in [-0.1, -0.05) is 23.7 Å². The third-order valence-electron chi connectivity index (χ3n) is 2.73. The second-order valence-corrected chi connectivity index (χ2v) is 4.98. The molecule has 2 aromatic rings. The average Bonchev–Trinajstić information content (AvgIpc) is 2.49. The van der Waals surface area contributed by atoms with Crippen molar-refractivity contribution in [2.24, 2.45) is 0 Å². The average molecular weight is 360 g/mol. The summed E-state index contributed by atoms with van der Waals surface area (Å²) in [4.78, 5) is 11.7. The van der Waals surface area contributed by atoms with Crippen LogP contribution in [-0.4, -0.2) is 12.3 Å². The van der Waals surface area contributed by atoms with Gasteiger partial charge < -0.3 is 10.1 Å². The molecule has 0 bridgehead atoms. The molecule has 1 amide bonds. The number of anilines is 1. The fourth-order valence-corrected chi connectivity index (χ4v) is 1.89. The fraction of sp³-hybridized carbons (Fsp3) is 0.0625. The Hall–Kier alpha value is -2.54. The zero-order valence-corrected chi connectivity index (χ0v) is 12.7. The van der Waals surface area contributed by atoms with Gasteiger partial charge in [0, 0.05) is 11.8 Å². The molecule has 0 spiro atoms. The molecule has 0 saturated carbocycles. The number of amides is 1. The molecule has 0 saturated heterocycles. The van der Waals surface area contributed by atoms with Gasteiger partial charge in [-0.15, -0.1) is 13.2 Å². The van der Waals surface area contributed by atoms with Crippen LogP contribution < -0.4 is 10.1 Å². The zero-order valence-electron chi connectivity index (χ0n) is 11.9. The zero-order chi connectivity index (χ0) is 17.7. The molecule has 0 fully saturated rings. The van der Waals surface area contributed by atoms with Crippen LogP contribution in [0.25, 0.3) is 6.08 Å². The van der Waals surface area contributed by atoms with Crippen LogP contribution in [-0.2, 0) is 4.79 Å². The lowest BCUT2D eigenvalue weighted by Crippen LogP contribution is -2.16. The first-order chi connectivity index (χ1) is 11.2. The molecule has 8 heteroatoms. The molecular weight excluding hydrogens is 350 g/mol. The maximum absolute atomic E-state index is 13.0. The summed E-state index contributed by atoms with van der Waals surface area (Å²) in [6.45, 7) is 0. The number of alkyl halides is 3. The van der Waals surface area contributed by atoms with E-state index < -0.39 is 18.1 Å². The van der Waals surface area contributed by atoms with Gasteiger partial charge in [0.05, 0.1) is 5.02 Å². The highest BCUT2D eigenvalue weighted by Crippen LogP contribution is 2.23. The molecule has 0 heterocycles. The van der Waals surface area contributed by atoms with E-state index in [9.17, 15) is 22.4 Å². The van der Waals surface area contributed by atoms with E-state index in [1.807, 2.05) is 0 Å². The van der Waals surface area contributed by atoms with Gasteiger partial charge in [-0.2, -0.15) is 0 Å². The number of nitrogens with one attached hydrogen (secondary N) is 1. The second-order valence-electron chi connectivity index (χ2n) is 4.57. The van der Waals surface area contributed by atoms with Crippen LogP contribution >= 0.6 is 11.6 Å². The quantitative estimate of drug-likeness (QED) is 0.614. The summed E-state index contributed by atoms with van der Waals surface area (Å²) in [6.07, 6.45) is -2.18. The standard InChI is InChI=1S/C16H10ClF4NO2/c17-13-9-11(4-7-14(13)18)22-15(23)8-3-10-1-5-12(6-2-10)24-16(19,20)21/h1-9H,(H,22,23). The highest BCUT2D eigenvalue weighted by molar-refractivity contribution is 6.31. The van der Waals surface area contributed by atoms with Crippen molar-refractivity contribution in [3.05, 3.63) is 64.9 Å². The maximum Gasteiger partial charge on any atom is 0.573 e. The SMILES string of the molecule is O=C(C=Cc1ccc(OC(F)(F)F)cc1)Nc1ccc(F)c(Cl)c1. The van der Waals surface area contributed by atoms with Crippen LogP contribution in [0.15, 0.2) is 48.5 Å². The van der Waals surface area contributed by atoms with Crippen molar-refractivity contribution in [1.29, 1.82) is 0 Å². The molecule has 0 unspecified atom stereocenters. The number of hydrogen-bond donors (Lipinski definition) is 1. The lowest BCUT2D eigenvalue weighted by atomic mass is 10.2. The van der Waals surface area contributed by atoms with Crippen LogP contribution in [0.3, 0.4) is 0 Å². The van der Waals surface area contributed by atoms with Gasteiger partial charge in [0.1, 0.15) is 11.6 Å². The number of carbonyl (C=O) groups excluding carboxylic acids is 1. The predicted octanol–water partition coefficient (Wildman–Crippen LogP) is 5.03. The molecule has 0 radical (unpaired) electrons. The number of benzene rings is 2. The molecular formula is C16H10ClF4NO2. The first-order valence-electron chi connectivity index (χ1n) is 6.53. The number of halogens is 5.